The van der Waals surface area contributed by atoms with Crippen LogP contribution in [0.15, 0.2) is 54.3 Å². The first-order valence-electron chi connectivity index (χ1n) is 21.5. The lowest BCUT2D eigenvalue weighted by Gasteiger charge is -2.58. The van der Waals surface area contributed by atoms with Gasteiger partial charge in [0.05, 0.1) is 6.10 Å². The zero-order chi connectivity index (χ0) is 38.6. The molecule has 0 saturated heterocycles. The number of cyclic esters (lactones) is 1. The molecule has 6 rings (SSSR count). The van der Waals surface area contributed by atoms with Crippen molar-refractivity contribution in [1.29, 1.82) is 0 Å². The van der Waals surface area contributed by atoms with Gasteiger partial charge in [0, 0.05) is 25.5 Å². The Balaban J connectivity index is 1.02. The Kier molecular flexibility index (Phi) is 13.1. The molecule has 54 heavy (non-hydrogen) atoms. The molecule has 0 radical (unpaired) electrons. The molecule has 1 aromatic rings. The Labute approximate surface area is 325 Å². The van der Waals surface area contributed by atoms with Gasteiger partial charge in [-0.1, -0.05) is 103 Å². The lowest BCUT2D eigenvalue weighted by Crippen LogP contribution is -2.51. The summed E-state index contributed by atoms with van der Waals surface area (Å²) in [7, 11) is 0. The van der Waals surface area contributed by atoms with Crippen LogP contribution in [-0.2, 0) is 15.9 Å². The van der Waals surface area contributed by atoms with Crippen LogP contribution >= 0.6 is 0 Å². The van der Waals surface area contributed by atoms with Crippen molar-refractivity contribution in [3.63, 3.8) is 0 Å². The number of aliphatic hydroxyl groups excluding tert-OH is 1. The quantitative estimate of drug-likeness (QED) is 0.172. The van der Waals surface area contributed by atoms with Crippen molar-refractivity contribution in [1.82, 2.24) is 5.32 Å². The molecule has 5 aliphatic rings. The molecule has 3 N–H and O–H groups in total. The van der Waals surface area contributed by atoms with Gasteiger partial charge in [0.15, 0.2) is 0 Å². The number of fused-ring (bicyclic) bond motifs is 6. The number of carbonyl (C=O) groups excluding carboxylic acids is 2. The summed E-state index contributed by atoms with van der Waals surface area (Å²) < 4.78 is 11.8. The van der Waals surface area contributed by atoms with Crippen LogP contribution in [0.4, 0.5) is 4.79 Å². The van der Waals surface area contributed by atoms with Crippen molar-refractivity contribution >= 4 is 12.1 Å². The minimum Gasteiger partial charge on any atom is -0.507 e. The Morgan fingerprint density at radius 2 is 1.87 bits per heavy atom. The first kappa shape index (κ1) is 40.6. The van der Waals surface area contributed by atoms with Gasteiger partial charge in [0.1, 0.15) is 23.5 Å². The number of hydrogen-bond donors (Lipinski definition) is 3. The third-order valence-electron chi connectivity index (χ3n) is 15.0. The van der Waals surface area contributed by atoms with E-state index in [1.165, 1.54) is 63.0 Å². The van der Waals surface area contributed by atoms with E-state index in [2.05, 4.69) is 46.0 Å². The van der Waals surface area contributed by atoms with Crippen LogP contribution in [0.25, 0.3) is 0 Å². The average Bonchev–Trinajstić information content (AvgIpc) is 3.48. The second-order valence-electron chi connectivity index (χ2n) is 18.9. The maximum absolute atomic E-state index is 13.2. The van der Waals surface area contributed by atoms with E-state index < -0.39 is 24.3 Å². The largest absolute Gasteiger partial charge is 0.507 e. The molecule has 4 aliphatic carbocycles. The Hall–Kier alpha value is -3.06. The highest BCUT2D eigenvalue weighted by atomic mass is 16.6. The number of nitrogens with one attached hydrogen (secondary N) is 1. The second kappa shape index (κ2) is 17.4. The SMILES string of the molecule is CC(C)CCC[C@@H](C)[C@H]1CCC2C3CC=C4C[C@@H](OC(=O)N/C=C/CC5C[C@@H](O)[C@@H](C)C/C=C/Cc6cccc(O)c6C(=O)O5)CC[C@]4(C)C3CC[C@@]21C. The highest BCUT2D eigenvalue weighted by Gasteiger charge is 2.59. The minimum absolute atomic E-state index is 0.0171. The van der Waals surface area contributed by atoms with Crippen molar-refractivity contribution in [2.45, 2.75) is 156 Å². The number of carbonyl (C=O) groups is 2. The number of phenolic OH excluding ortho intramolecular Hbond substituents is 1. The molecular weight excluding hydrogens is 675 g/mol. The molecule has 0 aromatic heterocycles. The maximum atomic E-state index is 13.2. The van der Waals surface area contributed by atoms with Gasteiger partial charge >= 0.3 is 12.1 Å². The van der Waals surface area contributed by atoms with Crippen molar-refractivity contribution in [2.75, 3.05) is 0 Å². The number of ether oxygens (including phenoxy) is 2. The first-order valence-corrected chi connectivity index (χ1v) is 21.5. The van der Waals surface area contributed by atoms with Crippen LogP contribution in [0.3, 0.4) is 0 Å². The number of benzene rings is 1. The minimum atomic E-state index is -0.676. The zero-order valence-electron chi connectivity index (χ0n) is 34.0. The monoisotopic (exact) mass is 744 g/mol. The molecule has 0 spiro atoms. The van der Waals surface area contributed by atoms with Crippen molar-refractivity contribution in [3.05, 3.63) is 65.4 Å². The fourth-order valence-electron chi connectivity index (χ4n) is 11.9. The number of esters is 1. The van der Waals surface area contributed by atoms with Crippen LogP contribution in [0, 0.1) is 52.3 Å². The normalized spacial score (nSPS) is 36.7. The van der Waals surface area contributed by atoms with Gasteiger partial charge in [-0.05, 0) is 122 Å². The molecule has 7 nitrogen and oxygen atoms in total. The van der Waals surface area contributed by atoms with Gasteiger partial charge in [-0.25, -0.2) is 9.59 Å². The number of aliphatic hydroxyl groups is 1. The summed E-state index contributed by atoms with van der Waals surface area (Å²) in [5, 5.41) is 24.2. The predicted octanol–water partition coefficient (Wildman–Crippen LogP) is 10.8. The van der Waals surface area contributed by atoms with Gasteiger partial charge in [-0.15, -0.1) is 0 Å². The Morgan fingerprint density at radius 1 is 1.06 bits per heavy atom. The molecule has 1 aromatic carbocycles. The van der Waals surface area contributed by atoms with E-state index in [1.54, 1.807) is 18.3 Å². The van der Waals surface area contributed by atoms with Gasteiger partial charge in [-0.3, -0.25) is 5.32 Å². The summed E-state index contributed by atoms with van der Waals surface area (Å²) in [6, 6.07) is 5.02. The molecule has 1 amide bonds. The molecule has 1 heterocycles. The number of amides is 1. The van der Waals surface area contributed by atoms with E-state index in [1.807, 2.05) is 25.1 Å². The van der Waals surface area contributed by atoms with Crippen LogP contribution in [0.2, 0.25) is 0 Å². The van der Waals surface area contributed by atoms with E-state index in [9.17, 15) is 19.8 Å². The number of alkyl carbamates (subject to hydrolysis) is 1. The Morgan fingerprint density at radius 3 is 2.67 bits per heavy atom. The zero-order valence-corrected chi connectivity index (χ0v) is 34.0. The van der Waals surface area contributed by atoms with E-state index in [4.69, 9.17) is 9.47 Å². The molecular formula is C47H69NO6. The predicted molar refractivity (Wildman–Crippen MR) is 215 cm³/mol. The molecule has 4 unspecified atom stereocenters. The van der Waals surface area contributed by atoms with E-state index in [-0.39, 0.29) is 35.2 Å². The van der Waals surface area contributed by atoms with Gasteiger partial charge in [0.25, 0.3) is 0 Å². The molecule has 3 saturated carbocycles. The van der Waals surface area contributed by atoms with Crippen LogP contribution < -0.4 is 5.32 Å². The van der Waals surface area contributed by atoms with Crippen LogP contribution in [0.1, 0.15) is 147 Å². The fourth-order valence-corrected chi connectivity index (χ4v) is 11.9. The molecule has 7 heteroatoms. The van der Waals surface area contributed by atoms with Crippen molar-refractivity contribution in [3.8, 4) is 5.75 Å². The lowest BCUT2D eigenvalue weighted by atomic mass is 9.47. The summed E-state index contributed by atoms with van der Waals surface area (Å²) >= 11 is 0. The van der Waals surface area contributed by atoms with Crippen LogP contribution in [0.5, 0.6) is 5.75 Å². The topological polar surface area (TPSA) is 105 Å². The fraction of sp³-hybridized carbons (Fsp3) is 0.702. The summed E-state index contributed by atoms with van der Waals surface area (Å²) in [4.78, 5) is 26.2. The highest BCUT2D eigenvalue weighted by Crippen LogP contribution is 2.67. The summed E-state index contributed by atoms with van der Waals surface area (Å²) in [5.74, 6) is 4.05. The standard InChI is InChI=1S/C47H69NO6/c1-30(2)12-9-14-31(3)38-21-22-39-37-20-19-34-28-36(23-25-46(34,5)40(37)24-26-47(38,39)6)54-45(52)48-27-11-17-35-29-42(50)32(4)13-7-8-15-33-16-10-18-41(49)43(33)44(51)53-35/h7-8,10-11,16,18-19,27,30-32,35-40,42,49-50H,9,12-15,17,20-26,28-29H2,1-6H3,(H,48,52)/b8-7+,27-11+/t31-,32+,35?,36+,37?,38-,39?,40?,42-,46+,47-/m1/s1. The number of aromatic hydroxyl groups is 1. The number of hydrogen-bond acceptors (Lipinski definition) is 6. The third-order valence-corrected chi connectivity index (χ3v) is 15.0. The smallest absolute Gasteiger partial charge is 0.411 e. The summed E-state index contributed by atoms with van der Waals surface area (Å²) in [5.41, 5.74) is 3.02. The molecule has 0 bridgehead atoms. The van der Waals surface area contributed by atoms with Gasteiger partial charge in [-0.2, -0.15) is 0 Å². The van der Waals surface area contributed by atoms with Crippen molar-refractivity contribution < 1.29 is 29.3 Å². The number of rotatable bonds is 9. The van der Waals surface area contributed by atoms with E-state index in [0.29, 0.717) is 30.2 Å². The average molecular weight is 744 g/mol. The maximum Gasteiger partial charge on any atom is 0.411 e. The third kappa shape index (κ3) is 8.82. The molecule has 3 fully saturated rings. The summed E-state index contributed by atoms with van der Waals surface area (Å²) in [6.07, 6.45) is 23.1. The molecule has 1 aliphatic heterocycles. The molecule has 298 valence electrons. The highest BCUT2D eigenvalue weighted by molar-refractivity contribution is 5.94. The van der Waals surface area contributed by atoms with E-state index >= 15 is 0 Å². The lowest BCUT2D eigenvalue weighted by molar-refractivity contribution is -0.0580. The van der Waals surface area contributed by atoms with Crippen LogP contribution in [-0.4, -0.2) is 40.6 Å². The summed E-state index contributed by atoms with van der Waals surface area (Å²) in [6.45, 7) is 14.4. The first-order chi connectivity index (χ1) is 25.8. The number of allylic oxidation sites excluding steroid dienone is 3. The van der Waals surface area contributed by atoms with E-state index in [0.717, 1.165) is 54.8 Å². The second-order valence-corrected chi connectivity index (χ2v) is 18.9. The van der Waals surface area contributed by atoms with Crippen molar-refractivity contribution in [2.24, 2.45) is 52.3 Å². The van der Waals surface area contributed by atoms with Gasteiger partial charge in [0.2, 0.25) is 0 Å². The Bertz CT molecular complexity index is 1560. The van der Waals surface area contributed by atoms with Gasteiger partial charge < -0.3 is 19.7 Å². The number of phenols is 1. The molecule has 11 atom stereocenters.